The van der Waals surface area contributed by atoms with Crippen molar-refractivity contribution < 1.29 is 35.9 Å². The molecule has 0 radical (unpaired) electrons. The van der Waals surface area contributed by atoms with Gasteiger partial charge in [0.05, 0.1) is 11.5 Å². The van der Waals surface area contributed by atoms with Gasteiger partial charge in [0.2, 0.25) is 0 Å². The lowest BCUT2D eigenvalue weighted by Gasteiger charge is -2.08. The lowest BCUT2D eigenvalue weighted by Crippen LogP contribution is -2.14. The predicted molar refractivity (Wildman–Crippen MR) is 64.9 cm³/mol. The quantitative estimate of drug-likeness (QED) is 0.477. The highest BCUT2D eigenvalue weighted by Crippen LogP contribution is 2.60. The summed E-state index contributed by atoms with van der Waals surface area (Å²) in [6, 6.07) is 0. The van der Waals surface area contributed by atoms with Gasteiger partial charge in [0.25, 0.3) is 18.0 Å². The standard InChI is InChI=1S/C14H11F6NO2/c1-14(2)6(3-7(15)16)8(14)13(22)23-4-5-9(17)11(19)21-12(20)10(5)18/h3,6,8H,4H2,1-2H3/t6-,8+/m1/s1. The Morgan fingerprint density at radius 1 is 1.17 bits per heavy atom. The number of aromatic nitrogens is 1. The molecule has 0 bridgehead atoms. The topological polar surface area (TPSA) is 39.2 Å². The fourth-order valence-electron chi connectivity index (χ4n) is 2.46. The Bertz CT molecular complexity index is 658. The van der Waals surface area contributed by atoms with Crippen molar-refractivity contribution in [3.63, 3.8) is 0 Å². The van der Waals surface area contributed by atoms with E-state index in [-0.39, 0.29) is 0 Å². The first-order valence-electron chi connectivity index (χ1n) is 6.45. The number of hydrogen-bond donors (Lipinski definition) is 0. The maximum atomic E-state index is 13.4. The molecule has 23 heavy (non-hydrogen) atoms. The minimum Gasteiger partial charge on any atom is -0.460 e. The Morgan fingerprint density at radius 2 is 1.70 bits per heavy atom. The Morgan fingerprint density at radius 3 is 2.17 bits per heavy atom. The van der Waals surface area contributed by atoms with E-state index in [1.54, 1.807) is 0 Å². The van der Waals surface area contributed by atoms with Crippen molar-refractivity contribution in [3.05, 3.63) is 41.2 Å². The summed E-state index contributed by atoms with van der Waals surface area (Å²) >= 11 is 0. The minimum absolute atomic E-state index is 0.596. The average Bonchev–Trinajstić information content (AvgIpc) is 2.96. The van der Waals surface area contributed by atoms with Crippen molar-refractivity contribution in [3.8, 4) is 0 Å². The van der Waals surface area contributed by atoms with Gasteiger partial charge < -0.3 is 4.74 Å². The maximum absolute atomic E-state index is 13.4. The second-order valence-electron chi connectivity index (χ2n) is 5.69. The van der Waals surface area contributed by atoms with Crippen LogP contribution in [0.15, 0.2) is 12.2 Å². The molecular formula is C14H11F6NO2. The number of pyridine rings is 1. The average molecular weight is 339 g/mol. The van der Waals surface area contributed by atoms with Crippen molar-refractivity contribution in [1.82, 2.24) is 4.98 Å². The number of carbonyl (C=O) groups excluding carboxylic acids is 1. The summed E-state index contributed by atoms with van der Waals surface area (Å²) < 4.78 is 81.7. The van der Waals surface area contributed by atoms with Crippen LogP contribution in [0.5, 0.6) is 0 Å². The van der Waals surface area contributed by atoms with Crippen LogP contribution in [-0.4, -0.2) is 11.0 Å². The number of halogens is 6. The van der Waals surface area contributed by atoms with Crippen LogP contribution in [0, 0.1) is 40.8 Å². The molecule has 1 fully saturated rings. The van der Waals surface area contributed by atoms with Gasteiger partial charge in [-0.3, -0.25) is 4.79 Å². The second-order valence-corrected chi connectivity index (χ2v) is 5.69. The molecule has 1 saturated carbocycles. The van der Waals surface area contributed by atoms with Crippen molar-refractivity contribution in [2.75, 3.05) is 0 Å². The zero-order valence-electron chi connectivity index (χ0n) is 12.0. The highest BCUT2D eigenvalue weighted by Gasteiger charge is 2.62. The van der Waals surface area contributed by atoms with Gasteiger partial charge in [-0.05, 0) is 11.5 Å². The van der Waals surface area contributed by atoms with Gasteiger partial charge in [0, 0.05) is 5.92 Å². The maximum Gasteiger partial charge on any atom is 0.310 e. The summed E-state index contributed by atoms with van der Waals surface area (Å²) in [6.45, 7) is 2.00. The van der Waals surface area contributed by atoms with E-state index in [9.17, 15) is 31.1 Å². The molecule has 0 N–H and O–H groups in total. The molecule has 0 spiro atoms. The SMILES string of the molecule is CC1(C)[C@H](C=C(F)F)[C@H]1C(=O)OCc1c(F)c(F)nc(F)c1F. The van der Waals surface area contributed by atoms with Crippen LogP contribution in [0.1, 0.15) is 19.4 Å². The van der Waals surface area contributed by atoms with E-state index in [0.717, 1.165) is 0 Å². The molecule has 126 valence electrons. The Hall–Kier alpha value is -2.06. The van der Waals surface area contributed by atoms with Crippen molar-refractivity contribution in [2.45, 2.75) is 20.5 Å². The molecule has 9 heteroatoms. The molecule has 1 aromatic rings. The molecule has 3 nitrogen and oxygen atoms in total. The van der Waals surface area contributed by atoms with Gasteiger partial charge in [-0.25, -0.2) is 8.78 Å². The number of ether oxygens (including phenoxy) is 1. The van der Waals surface area contributed by atoms with E-state index in [4.69, 9.17) is 0 Å². The van der Waals surface area contributed by atoms with E-state index in [0.29, 0.717) is 6.08 Å². The normalized spacial score (nSPS) is 21.7. The molecule has 2 rings (SSSR count). The second kappa shape index (κ2) is 5.86. The van der Waals surface area contributed by atoms with Gasteiger partial charge in [0.15, 0.2) is 11.6 Å². The fraction of sp³-hybridized carbons (Fsp3) is 0.429. The van der Waals surface area contributed by atoms with Gasteiger partial charge in [0.1, 0.15) is 6.61 Å². The van der Waals surface area contributed by atoms with E-state index in [2.05, 4.69) is 9.72 Å². The summed E-state index contributed by atoms with van der Waals surface area (Å²) in [5.74, 6) is -10.0. The lowest BCUT2D eigenvalue weighted by molar-refractivity contribution is -0.147. The van der Waals surface area contributed by atoms with Gasteiger partial charge in [-0.2, -0.15) is 22.5 Å². The Balaban J connectivity index is 2.11. The van der Waals surface area contributed by atoms with Crippen LogP contribution >= 0.6 is 0 Å². The molecule has 1 aliphatic rings. The van der Waals surface area contributed by atoms with Crippen LogP contribution in [0.4, 0.5) is 26.3 Å². The van der Waals surface area contributed by atoms with Crippen LogP contribution < -0.4 is 0 Å². The third-order valence-corrected chi connectivity index (χ3v) is 3.92. The van der Waals surface area contributed by atoms with Crippen LogP contribution in [0.2, 0.25) is 0 Å². The molecule has 1 aromatic heterocycles. The summed E-state index contributed by atoms with van der Waals surface area (Å²) in [7, 11) is 0. The zero-order valence-corrected chi connectivity index (χ0v) is 12.0. The molecule has 0 aliphatic heterocycles. The number of hydrogen-bond acceptors (Lipinski definition) is 3. The van der Waals surface area contributed by atoms with Crippen LogP contribution in [0.25, 0.3) is 0 Å². The summed E-state index contributed by atoms with van der Waals surface area (Å²) in [5, 5.41) is 0. The molecule has 2 atom stereocenters. The highest BCUT2D eigenvalue weighted by atomic mass is 19.3. The molecule has 0 saturated heterocycles. The Kier molecular flexibility index (Phi) is 4.41. The van der Waals surface area contributed by atoms with E-state index in [1.165, 1.54) is 13.8 Å². The third kappa shape index (κ3) is 3.18. The molecule has 1 aliphatic carbocycles. The number of carbonyl (C=O) groups is 1. The van der Waals surface area contributed by atoms with Crippen molar-refractivity contribution in [2.24, 2.45) is 17.3 Å². The molecule has 0 aromatic carbocycles. The van der Waals surface area contributed by atoms with Gasteiger partial charge in [-0.15, -0.1) is 0 Å². The van der Waals surface area contributed by atoms with Crippen molar-refractivity contribution in [1.29, 1.82) is 0 Å². The smallest absolute Gasteiger partial charge is 0.310 e. The Labute approximate surface area is 127 Å². The summed E-state index contributed by atoms with van der Waals surface area (Å²) in [4.78, 5) is 14.2. The fourth-order valence-corrected chi connectivity index (χ4v) is 2.46. The van der Waals surface area contributed by atoms with Crippen LogP contribution in [0.3, 0.4) is 0 Å². The van der Waals surface area contributed by atoms with Gasteiger partial charge >= 0.3 is 5.97 Å². The molecule has 0 unspecified atom stereocenters. The number of nitrogens with zero attached hydrogens (tertiary/aromatic N) is 1. The first-order valence-corrected chi connectivity index (χ1v) is 6.45. The number of allylic oxidation sites excluding steroid dienone is 1. The first-order chi connectivity index (χ1) is 10.6. The largest absolute Gasteiger partial charge is 0.460 e. The van der Waals surface area contributed by atoms with E-state index >= 15 is 0 Å². The van der Waals surface area contributed by atoms with E-state index < -0.39 is 65.0 Å². The molecular weight excluding hydrogens is 328 g/mol. The number of esters is 1. The van der Waals surface area contributed by atoms with Crippen molar-refractivity contribution >= 4 is 5.97 Å². The number of rotatable bonds is 4. The first kappa shape index (κ1) is 17.3. The highest BCUT2D eigenvalue weighted by molar-refractivity contribution is 5.78. The van der Waals surface area contributed by atoms with E-state index in [1.807, 2.05) is 0 Å². The van der Waals surface area contributed by atoms with Crippen LogP contribution in [-0.2, 0) is 16.1 Å². The monoisotopic (exact) mass is 339 g/mol. The molecule has 1 heterocycles. The third-order valence-electron chi connectivity index (χ3n) is 3.92. The summed E-state index contributed by atoms with van der Waals surface area (Å²) in [5.41, 5.74) is -1.95. The molecule has 0 amide bonds. The zero-order chi connectivity index (χ0) is 17.5. The van der Waals surface area contributed by atoms with Gasteiger partial charge in [-0.1, -0.05) is 13.8 Å². The minimum atomic E-state index is -1.96. The lowest BCUT2D eigenvalue weighted by atomic mass is 10.1. The predicted octanol–water partition coefficient (Wildman–Crippen LogP) is 3.73. The summed E-state index contributed by atoms with van der Waals surface area (Å²) in [6.07, 6.45) is -1.37.